The zero-order chi connectivity index (χ0) is 11.4. The molecule has 88 valence electrons. The van der Waals surface area contributed by atoms with Crippen LogP contribution in [0.2, 0.25) is 0 Å². The molecule has 0 atom stereocenters. The summed E-state index contributed by atoms with van der Waals surface area (Å²) < 4.78 is 0. The third-order valence-corrected chi connectivity index (χ3v) is 3.20. The first kappa shape index (κ1) is 11.3. The van der Waals surface area contributed by atoms with Crippen molar-refractivity contribution in [2.24, 2.45) is 0 Å². The number of piperazine rings is 1. The first-order valence-electron chi connectivity index (χ1n) is 6.11. The van der Waals surface area contributed by atoms with Crippen molar-refractivity contribution in [1.82, 2.24) is 14.9 Å². The van der Waals surface area contributed by atoms with Gasteiger partial charge >= 0.3 is 0 Å². The van der Waals surface area contributed by atoms with Gasteiger partial charge in [-0.05, 0) is 18.5 Å². The van der Waals surface area contributed by atoms with E-state index in [0.717, 1.165) is 45.1 Å². The van der Waals surface area contributed by atoms with Gasteiger partial charge in [0.15, 0.2) is 0 Å². The smallest absolute Gasteiger partial charge is 0.225 e. The van der Waals surface area contributed by atoms with Gasteiger partial charge in [-0.3, -0.25) is 0 Å². The van der Waals surface area contributed by atoms with Crippen molar-refractivity contribution in [3.63, 3.8) is 0 Å². The predicted molar refractivity (Wildman–Crippen MR) is 65.7 cm³/mol. The molecule has 0 amide bonds. The maximum absolute atomic E-state index is 4.42. The average molecular weight is 220 g/mol. The Hall–Kier alpha value is -1.16. The second-order valence-electron chi connectivity index (χ2n) is 4.17. The van der Waals surface area contributed by atoms with Gasteiger partial charge in [0.05, 0.1) is 0 Å². The summed E-state index contributed by atoms with van der Waals surface area (Å²) in [6.45, 7) is 9.80. The standard InChI is InChI=1S/C12H20N4/c1-3-11-9-13-12(14-10-11)16-7-5-15(4-2)6-8-16/h9-10H,3-8H2,1-2H3. The number of aromatic nitrogens is 2. The Labute approximate surface area is 97.3 Å². The van der Waals surface area contributed by atoms with Crippen LogP contribution in [0.3, 0.4) is 0 Å². The molecular weight excluding hydrogens is 200 g/mol. The molecule has 0 unspecified atom stereocenters. The molecule has 16 heavy (non-hydrogen) atoms. The van der Waals surface area contributed by atoms with Gasteiger partial charge in [0.25, 0.3) is 0 Å². The maximum Gasteiger partial charge on any atom is 0.225 e. The van der Waals surface area contributed by atoms with Gasteiger partial charge in [0, 0.05) is 38.6 Å². The molecule has 0 saturated carbocycles. The zero-order valence-electron chi connectivity index (χ0n) is 10.2. The predicted octanol–water partition coefficient (Wildman–Crippen LogP) is 1.18. The fourth-order valence-electron chi connectivity index (χ4n) is 1.96. The molecule has 2 heterocycles. The summed E-state index contributed by atoms with van der Waals surface area (Å²) in [5, 5.41) is 0. The highest BCUT2D eigenvalue weighted by molar-refractivity contribution is 5.30. The molecule has 0 bridgehead atoms. The van der Waals surface area contributed by atoms with Crippen molar-refractivity contribution in [2.45, 2.75) is 20.3 Å². The van der Waals surface area contributed by atoms with Crippen molar-refractivity contribution in [3.8, 4) is 0 Å². The minimum atomic E-state index is 0.882. The number of rotatable bonds is 3. The van der Waals surface area contributed by atoms with Gasteiger partial charge < -0.3 is 9.80 Å². The van der Waals surface area contributed by atoms with Crippen molar-refractivity contribution in [3.05, 3.63) is 18.0 Å². The normalized spacial score (nSPS) is 17.8. The van der Waals surface area contributed by atoms with Gasteiger partial charge in [-0.25, -0.2) is 9.97 Å². The highest BCUT2D eigenvalue weighted by atomic mass is 15.3. The molecule has 1 aromatic heterocycles. The van der Waals surface area contributed by atoms with Crippen LogP contribution in [0.4, 0.5) is 5.95 Å². The fraction of sp³-hybridized carbons (Fsp3) is 0.667. The molecule has 4 heteroatoms. The average Bonchev–Trinajstić information content (AvgIpc) is 2.39. The highest BCUT2D eigenvalue weighted by Crippen LogP contribution is 2.10. The van der Waals surface area contributed by atoms with Crippen LogP contribution in [-0.2, 0) is 6.42 Å². The van der Waals surface area contributed by atoms with Crippen LogP contribution >= 0.6 is 0 Å². The largest absolute Gasteiger partial charge is 0.338 e. The number of likely N-dealkylation sites (N-methyl/N-ethyl adjacent to an activating group) is 1. The van der Waals surface area contributed by atoms with Crippen molar-refractivity contribution >= 4 is 5.95 Å². The summed E-state index contributed by atoms with van der Waals surface area (Å²) in [5.41, 5.74) is 1.20. The Morgan fingerprint density at radius 2 is 1.69 bits per heavy atom. The number of hydrogen-bond donors (Lipinski definition) is 0. The minimum absolute atomic E-state index is 0.882. The second kappa shape index (κ2) is 5.25. The lowest BCUT2D eigenvalue weighted by Crippen LogP contribution is -2.46. The molecule has 1 saturated heterocycles. The Morgan fingerprint density at radius 1 is 1.06 bits per heavy atom. The summed E-state index contributed by atoms with van der Waals surface area (Å²) >= 11 is 0. The fourth-order valence-corrected chi connectivity index (χ4v) is 1.96. The lowest BCUT2D eigenvalue weighted by molar-refractivity contribution is 0.270. The highest BCUT2D eigenvalue weighted by Gasteiger charge is 2.17. The third-order valence-electron chi connectivity index (χ3n) is 3.20. The second-order valence-corrected chi connectivity index (χ2v) is 4.17. The van der Waals surface area contributed by atoms with E-state index in [1.54, 1.807) is 0 Å². The van der Waals surface area contributed by atoms with Gasteiger partial charge in [0.1, 0.15) is 0 Å². The van der Waals surface area contributed by atoms with Gasteiger partial charge in [-0.1, -0.05) is 13.8 Å². The van der Waals surface area contributed by atoms with Crippen LogP contribution in [-0.4, -0.2) is 47.6 Å². The van der Waals surface area contributed by atoms with Crippen LogP contribution in [0, 0.1) is 0 Å². The van der Waals surface area contributed by atoms with E-state index in [9.17, 15) is 0 Å². The number of aryl methyl sites for hydroxylation is 1. The summed E-state index contributed by atoms with van der Waals surface area (Å²) in [6, 6.07) is 0. The lowest BCUT2D eigenvalue weighted by Gasteiger charge is -2.33. The van der Waals surface area contributed by atoms with Gasteiger partial charge in [-0.15, -0.1) is 0 Å². The summed E-state index contributed by atoms with van der Waals surface area (Å²) in [5.74, 6) is 0.882. The van der Waals surface area contributed by atoms with E-state index in [0.29, 0.717) is 0 Å². The van der Waals surface area contributed by atoms with Crippen LogP contribution in [0.25, 0.3) is 0 Å². The molecule has 1 fully saturated rings. The molecule has 0 spiro atoms. The van der Waals surface area contributed by atoms with E-state index < -0.39 is 0 Å². The van der Waals surface area contributed by atoms with Crippen molar-refractivity contribution < 1.29 is 0 Å². The summed E-state index contributed by atoms with van der Waals surface area (Å²) in [6.07, 6.45) is 4.88. The van der Waals surface area contributed by atoms with E-state index in [-0.39, 0.29) is 0 Å². The lowest BCUT2D eigenvalue weighted by atomic mass is 10.3. The first-order chi connectivity index (χ1) is 7.83. The SMILES string of the molecule is CCc1cnc(N2CCN(CC)CC2)nc1. The number of anilines is 1. The van der Waals surface area contributed by atoms with E-state index >= 15 is 0 Å². The molecule has 2 rings (SSSR count). The Kier molecular flexibility index (Phi) is 3.72. The minimum Gasteiger partial charge on any atom is -0.338 e. The first-order valence-corrected chi connectivity index (χ1v) is 6.11. The Bertz CT molecular complexity index is 314. The number of hydrogen-bond acceptors (Lipinski definition) is 4. The molecule has 0 N–H and O–H groups in total. The molecule has 1 aliphatic heterocycles. The maximum atomic E-state index is 4.42. The van der Waals surface area contributed by atoms with E-state index in [1.165, 1.54) is 5.56 Å². The zero-order valence-corrected chi connectivity index (χ0v) is 10.2. The summed E-state index contributed by atoms with van der Waals surface area (Å²) in [4.78, 5) is 13.6. The van der Waals surface area contributed by atoms with Crippen LogP contribution in [0.5, 0.6) is 0 Å². The molecule has 1 aromatic rings. The van der Waals surface area contributed by atoms with Gasteiger partial charge in [-0.2, -0.15) is 0 Å². The monoisotopic (exact) mass is 220 g/mol. The van der Waals surface area contributed by atoms with Crippen LogP contribution in [0.1, 0.15) is 19.4 Å². The van der Waals surface area contributed by atoms with Crippen LogP contribution < -0.4 is 4.90 Å². The third kappa shape index (κ3) is 2.50. The van der Waals surface area contributed by atoms with E-state index in [2.05, 4.69) is 33.6 Å². The molecular formula is C12H20N4. The molecule has 1 aliphatic rings. The quantitative estimate of drug-likeness (QED) is 0.765. The van der Waals surface area contributed by atoms with Gasteiger partial charge in [0.2, 0.25) is 5.95 Å². The molecule has 0 radical (unpaired) electrons. The Morgan fingerprint density at radius 3 is 2.19 bits per heavy atom. The molecule has 0 aliphatic carbocycles. The number of nitrogens with zero attached hydrogens (tertiary/aromatic N) is 4. The molecule has 4 nitrogen and oxygen atoms in total. The summed E-state index contributed by atoms with van der Waals surface area (Å²) in [7, 11) is 0. The van der Waals surface area contributed by atoms with Crippen molar-refractivity contribution in [1.29, 1.82) is 0 Å². The topological polar surface area (TPSA) is 32.3 Å². The van der Waals surface area contributed by atoms with E-state index in [1.807, 2.05) is 12.4 Å². The Balaban J connectivity index is 1.97. The molecule has 0 aromatic carbocycles. The van der Waals surface area contributed by atoms with Crippen LogP contribution in [0.15, 0.2) is 12.4 Å². The van der Waals surface area contributed by atoms with E-state index in [4.69, 9.17) is 0 Å². The van der Waals surface area contributed by atoms with Crippen molar-refractivity contribution in [2.75, 3.05) is 37.6 Å².